The number of aryl methyl sites for hydroxylation is 1. The summed E-state index contributed by atoms with van der Waals surface area (Å²) in [7, 11) is 0. The standard InChI is InChI=1S/C13H21NOS/c1-9-5-4-6-12(7-9)13(14)8-16-11(3)10(2)15/h4-7,10-11,13,15H,8,14H2,1-3H3. The second-order valence-corrected chi connectivity index (χ2v) is 5.71. The zero-order valence-corrected chi connectivity index (χ0v) is 11.0. The molecule has 3 N–H and O–H groups in total. The van der Waals surface area contributed by atoms with Gasteiger partial charge in [0.05, 0.1) is 6.10 Å². The number of aliphatic hydroxyl groups excluding tert-OH is 1. The SMILES string of the molecule is Cc1cccc(C(N)CSC(C)C(C)O)c1. The maximum Gasteiger partial charge on any atom is 0.0628 e. The van der Waals surface area contributed by atoms with Crippen molar-refractivity contribution in [3.63, 3.8) is 0 Å². The van der Waals surface area contributed by atoms with Gasteiger partial charge in [-0.05, 0) is 19.4 Å². The Kier molecular flexibility index (Phi) is 5.32. The maximum absolute atomic E-state index is 9.39. The van der Waals surface area contributed by atoms with E-state index in [1.54, 1.807) is 11.8 Å². The van der Waals surface area contributed by atoms with Gasteiger partial charge in [0.25, 0.3) is 0 Å². The van der Waals surface area contributed by atoms with E-state index in [-0.39, 0.29) is 17.4 Å². The highest BCUT2D eigenvalue weighted by Crippen LogP contribution is 2.21. The Labute approximate surface area is 102 Å². The van der Waals surface area contributed by atoms with Crippen LogP contribution in [0.1, 0.15) is 31.0 Å². The van der Waals surface area contributed by atoms with Crippen LogP contribution < -0.4 is 5.73 Å². The summed E-state index contributed by atoms with van der Waals surface area (Å²) in [6.07, 6.45) is -0.283. The van der Waals surface area contributed by atoms with Crippen molar-refractivity contribution < 1.29 is 5.11 Å². The van der Waals surface area contributed by atoms with Gasteiger partial charge in [0.2, 0.25) is 0 Å². The molecule has 0 amide bonds. The lowest BCUT2D eigenvalue weighted by molar-refractivity contribution is 0.196. The van der Waals surface area contributed by atoms with Crippen LogP contribution in [-0.2, 0) is 0 Å². The van der Waals surface area contributed by atoms with Crippen molar-refractivity contribution in [1.82, 2.24) is 0 Å². The number of thioether (sulfide) groups is 1. The van der Waals surface area contributed by atoms with E-state index in [4.69, 9.17) is 5.73 Å². The Morgan fingerprint density at radius 3 is 2.62 bits per heavy atom. The highest BCUT2D eigenvalue weighted by Gasteiger charge is 2.12. The van der Waals surface area contributed by atoms with E-state index in [2.05, 4.69) is 25.1 Å². The zero-order chi connectivity index (χ0) is 12.1. The average Bonchev–Trinajstić information content (AvgIpc) is 2.25. The van der Waals surface area contributed by atoms with Gasteiger partial charge in [-0.2, -0.15) is 11.8 Å². The van der Waals surface area contributed by atoms with Gasteiger partial charge >= 0.3 is 0 Å². The van der Waals surface area contributed by atoms with E-state index in [0.717, 1.165) is 5.75 Å². The first-order valence-electron chi connectivity index (χ1n) is 5.62. The van der Waals surface area contributed by atoms with E-state index in [9.17, 15) is 5.11 Å². The van der Waals surface area contributed by atoms with Crippen molar-refractivity contribution in [2.24, 2.45) is 5.73 Å². The summed E-state index contributed by atoms with van der Waals surface area (Å²) >= 11 is 1.72. The highest BCUT2D eigenvalue weighted by molar-refractivity contribution is 7.99. The molecule has 0 fully saturated rings. The summed E-state index contributed by atoms with van der Waals surface area (Å²) in [5, 5.41) is 9.62. The number of aliphatic hydroxyl groups is 1. The fourth-order valence-corrected chi connectivity index (χ4v) is 2.37. The molecule has 0 aliphatic heterocycles. The molecule has 0 saturated carbocycles. The van der Waals surface area contributed by atoms with Gasteiger partial charge in [0.15, 0.2) is 0 Å². The second-order valence-electron chi connectivity index (χ2n) is 4.30. The number of hydrogen-bond acceptors (Lipinski definition) is 3. The molecule has 3 unspecified atom stereocenters. The Morgan fingerprint density at radius 1 is 1.38 bits per heavy atom. The molecule has 0 aromatic heterocycles. The normalized spacial score (nSPS) is 16.8. The van der Waals surface area contributed by atoms with Crippen molar-refractivity contribution >= 4 is 11.8 Å². The zero-order valence-electron chi connectivity index (χ0n) is 10.2. The smallest absolute Gasteiger partial charge is 0.0628 e. The largest absolute Gasteiger partial charge is 0.392 e. The molecular weight excluding hydrogens is 218 g/mol. The summed E-state index contributed by atoms with van der Waals surface area (Å²) < 4.78 is 0. The quantitative estimate of drug-likeness (QED) is 0.830. The summed E-state index contributed by atoms with van der Waals surface area (Å²) in [6.45, 7) is 5.91. The maximum atomic E-state index is 9.39. The van der Waals surface area contributed by atoms with Crippen LogP contribution in [0.25, 0.3) is 0 Å². The van der Waals surface area contributed by atoms with Gasteiger partial charge in [0.1, 0.15) is 0 Å². The number of benzene rings is 1. The first kappa shape index (κ1) is 13.6. The van der Waals surface area contributed by atoms with Crippen LogP contribution in [0.4, 0.5) is 0 Å². The lowest BCUT2D eigenvalue weighted by atomic mass is 10.1. The molecule has 3 heteroatoms. The summed E-state index contributed by atoms with van der Waals surface area (Å²) in [4.78, 5) is 0. The number of rotatable bonds is 5. The Bertz CT molecular complexity index is 327. The molecule has 0 spiro atoms. The molecule has 0 saturated heterocycles. The Morgan fingerprint density at radius 2 is 2.06 bits per heavy atom. The molecule has 0 aliphatic rings. The van der Waals surface area contributed by atoms with E-state index < -0.39 is 0 Å². The molecule has 1 rings (SSSR count). The van der Waals surface area contributed by atoms with Crippen LogP contribution in [0, 0.1) is 6.92 Å². The van der Waals surface area contributed by atoms with Crippen LogP contribution >= 0.6 is 11.8 Å². The van der Waals surface area contributed by atoms with E-state index in [1.165, 1.54) is 11.1 Å². The summed E-state index contributed by atoms with van der Waals surface area (Å²) in [6, 6.07) is 8.34. The van der Waals surface area contributed by atoms with Gasteiger partial charge in [-0.25, -0.2) is 0 Å². The van der Waals surface area contributed by atoms with Crippen LogP contribution in [-0.4, -0.2) is 22.2 Å². The fourth-order valence-electron chi connectivity index (χ4n) is 1.39. The predicted molar refractivity (Wildman–Crippen MR) is 71.7 cm³/mol. The van der Waals surface area contributed by atoms with Gasteiger partial charge < -0.3 is 10.8 Å². The molecule has 3 atom stereocenters. The summed E-state index contributed by atoms with van der Waals surface area (Å²) in [5.41, 5.74) is 8.52. The third-order valence-corrected chi connectivity index (χ3v) is 4.16. The van der Waals surface area contributed by atoms with E-state index in [1.807, 2.05) is 19.9 Å². The summed E-state index contributed by atoms with van der Waals surface area (Å²) in [5.74, 6) is 0.843. The molecule has 0 aliphatic carbocycles. The van der Waals surface area contributed by atoms with Gasteiger partial charge in [-0.15, -0.1) is 0 Å². The average molecular weight is 239 g/mol. The van der Waals surface area contributed by atoms with E-state index >= 15 is 0 Å². The monoisotopic (exact) mass is 239 g/mol. The molecule has 90 valence electrons. The number of nitrogens with two attached hydrogens (primary N) is 1. The van der Waals surface area contributed by atoms with Crippen molar-refractivity contribution in [2.45, 2.75) is 38.2 Å². The van der Waals surface area contributed by atoms with Gasteiger partial charge in [0, 0.05) is 17.0 Å². The number of hydrogen-bond donors (Lipinski definition) is 2. The van der Waals surface area contributed by atoms with E-state index in [0.29, 0.717) is 0 Å². The molecule has 1 aromatic carbocycles. The van der Waals surface area contributed by atoms with Crippen molar-refractivity contribution in [3.8, 4) is 0 Å². The van der Waals surface area contributed by atoms with Crippen molar-refractivity contribution in [2.75, 3.05) is 5.75 Å². The Hall–Kier alpha value is -0.510. The van der Waals surface area contributed by atoms with Crippen LogP contribution in [0.3, 0.4) is 0 Å². The minimum absolute atomic E-state index is 0.0473. The first-order chi connectivity index (χ1) is 7.50. The lowest BCUT2D eigenvalue weighted by Crippen LogP contribution is -2.20. The van der Waals surface area contributed by atoms with Gasteiger partial charge in [-0.3, -0.25) is 0 Å². The molecule has 0 heterocycles. The molecular formula is C13H21NOS. The van der Waals surface area contributed by atoms with Crippen LogP contribution in [0.2, 0.25) is 0 Å². The minimum atomic E-state index is -0.283. The molecule has 1 aromatic rings. The third-order valence-electron chi connectivity index (χ3n) is 2.69. The van der Waals surface area contributed by atoms with Crippen molar-refractivity contribution in [1.29, 1.82) is 0 Å². The fraction of sp³-hybridized carbons (Fsp3) is 0.538. The van der Waals surface area contributed by atoms with Crippen LogP contribution in [0.5, 0.6) is 0 Å². The molecule has 0 bridgehead atoms. The third kappa shape index (κ3) is 4.16. The lowest BCUT2D eigenvalue weighted by Gasteiger charge is -2.18. The first-order valence-corrected chi connectivity index (χ1v) is 6.67. The minimum Gasteiger partial charge on any atom is -0.392 e. The molecule has 2 nitrogen and oxygen atoms in total. The second kappa shape index (κ2) is 6.28. The van der Waals surface area contributed by atoms with Gasteiger partial charge in [-0.1, -0.05) is 36.8 Å². The predicted octanol–water partition coefficient (Wildman–Crippen LogP) is 2.50. The molecule has 0 radical (unpaired) electrons. The van der Waals surface area contributed by atoms with Crippen molar-refractivity contribution in [3.05, 3.63) is 35.4 Å². The van der Waals surface area contributed by atoms with Crippen LogP contribution in [0.15, 0.2) is 24.3 Å². The topological polar surface area (TPSA) is 46.2 Å². The highest BCUT2D eigenvalue weighted by atomic mass is 32.2. The molecule has 16 heavy (non-hydrogen) atoms. The Balaban J connectivity index is 2.49.